The summed E-state index contributed by atoms with van der Waals surface area (Å²) in [6.45, 7) is 2.27. The van der Waals surface area contributed by atoms with Crippen molar-refractivity contribution in [1.29, 1.82) is 0 Å². The molecule has 112 valence electrons. The molecule has 0 saturated heterocycles. The van der Waals surface area contributed by atoms with Gasteiger partial charge in [0.25, 0.3) is 0 Å². The zero-order valence-corrected chi connectivity index (χ0v) is 13.5. The summed E-state index contributed by atoms with van der Waals surface area (Å²) in [5, 5.41) is 0.348. The van der Waals surface area contributed by atoms with Crippen molar-refractivity contribution in [2.75, 3.05) is 19.3 Å². The van der Waals surface area contributed by atoms with Gasteiger partial charge in [0.1, 0.15) is 0 Å². The molecule has 20 heavy (non-hydrogen) atoms. The van der Waals surface area contributed by atoms with Crippen molar-refractivity contribution in [2.45, 2.75) is 37.5 Å². The van der Waals surface area contributed by atoms with E-state index < -0.39 is 10.0 Å². The van der Waals surface area contributed by atoms with E-state index >= 15 is 0 Å². The highest BCUT2D eigenvalue weighted by molar-refractivity contribution is 7.89. The van der Waals surface area contributed by atoms with Crippen LogP contribution in [-0.2, 0) is 10.0 Å². The smallest absolute Gasteiger partial charge is 0.243 e. The Morgan fingerprint density at radius 1 is 1.35 bits per heavy atom. The second-order valence-corrected chi connectivity index (χ2v) is 8.00. The van der Waals surface area contributed by atoms with Gasteiger partial charge < -0.3 is 5.73 Å². The predicted molar refractivity (Wildman–Crippen MR) is 82.4 cm³/mol. The molecular formula is C14H21ClN2O2S. The molecule has 0 heterocycles. The molecule has 2 rings (SSSR count). The Bertz CT molecular complexity index is 595. The van der Waals surface area contributed by atoms with E-state index in [2.05, 4.69) is 0 Å². The topological polar surface area (TPSA) is 63.4 Å². The van der Waals surface area contributed by atoms with Crippen molar-refractivity contribution in [2.24, 2.45) is 5.92 Å². The molecule has 0 spiro atoms. The molecule has 0 aromatic heterocycles. The van der Waals surface area contributed by atoms with Gasteiger partial charge >= 0.3 is 0 Å². The standard InChI is InChI=1S/C14H21ClN2O2S/c1-10-13(16)7-12(15)8-14(10)20(18,19)17(2)9-11-5-3-4-6-11/h7-8,11H,3-6,9,16H2,1-2H3. The van der Waals surface area contributed by atoms with Gasteiger partial charge in [-0.15, -0.1) is 0 Å². The van der Waals surface area contributed by atoms with E-state index in [1.165, 1.54) is 23.2 Å². The molecule has 1 aliphatic rings. The summed E-state index contributed by atoms with van der Waals surface area (Å²) in [7, 11) is -1.90. The van der Waals surface area contributed by atoms with Gasteiger partial charge in [0.15, 0.2) is 0 Å². The van der Waals surface area contributed by atoms with E-state index in [-0.39, 0.29) is 4.90 Å². The van der Waals surface area contributed by atoms with Crippen LogP contribution < -0.4 is 5.73 Å². The maximum Gasteiger partial charge on any atom is 0.243 e. The maximum absolute atomic E-state index is 12.7. The van der Waals surface area contributed by atoms with Crippen molar-refractivity contribution in [1.82, 2.24) is 4.31 Å². The zero-order valence-electron chi connectivity index (χ0n) is 11.9. The quantitative estimate of drug-likeness (QED) is 0.868. The fraction of sp³-hybridized carbons (Fsp3) is 0.571. The van der Waals surface area contributed by atoms with Crippen LogP contribution in [0.5, 0.6) is 0 Å². The lowest BCUT2D eigenvalue weighted by Crippen LogP contribution is -2.31. The molecule has 0 atom stereocenters. The number of nitrogen functional groups attached to an aromatic ring is 1. The van der Waals surface area contributed by atoms with Crippen molar-refractivity contribution >= 4 is 27.3 Å². The average molecular weight is 317 g/mol. The molecular weight excluding hydrogens is 296 g/mol. The Kier molecular flexibility index (Phi) is 4.62. The van der Waals surface area contributed by atoms with Crippen LogP contribution in [-0.4, -0.2) is 26.3 Å². The SMILES string of the molecule is Cc1c(N)cc(Cl)cc1S(=O)(=O)N(C)CC1CCCC1. The average Bonchev–Trinajstić information content (AvgIpc) is 2.86. The molecule has 1 aliphatic carbocycles. The van der Waals surface area contributed by atoms with E-state index in [0.29, 0.717) is 28.7 Å². The second kappa shape index (κ2) is 5.92. The summed E-state index contributed by atoms with van der Waals surface area (Å²) in [5.41, 5.74) is 6.78. The lowest BCUT2D eigenvalue weighted by Gasteiger charge is -2.22. The highest BCUT2D eigenvalue weighted by atomic mass is 35.5. The maximum atomic E-state index is 12.7. The first kappa shape index (κ1) is 15.6. The Hall–Kier alpha value is -0.780. The van der Waals surface area contributed by atoms with Crippen molar-refractivity contribution < 1.29 is 8.42 Å². The molecule has 1 aromatic carbocycles. The molecule has 1 fully saturated rings. The summed E-state index contributed by atoms with van der Waals surface area (Å²) in [5.74, 6) is 0.464. The number of nitrogens with zero attached hydrogens (tertiary/aromatic N) is 1. The first-order valence-corrected chi connectivity index (χ1v) is 8.66. The molecule has 0 unspecified atom stereocenters. The van der Waals surface area contributed by atoms with Gasteiger partial charge in [0, 0.05) is 24.3 Å². The van der Waals surface area contributed by atoms with Crippen molar-refractivity contribution in [3.63, 3.8) is 0 Å². The van der Waals surface area contributed by atoms with E-state index in [0.717, 1.165) is 12.8 Å². The van der Waals surface area contributed by atoms with Gasteiger partial charge in [-0.25, -0.2) is 12.7 Å². The second-order valence-electron chi connectivity index (χ2n) is 5.55. The number of rotatable bonds is 4. The molecule has 1 aromatic rings. The number of anilines is 1. The van der Waals surface area contributed by atoms with Crippen LogP contribution >= 0.6 is 11.6 Å². The van der Waals surface area contributed by atoms with Crippen LogP contribution in [0.2, 0.25) is 5.02 Å². The Balaban J connectivity index is 2.29. The third-order valence-electron chi connectivity index (χ3n) is 4.04. The highest BCUT2D eigenvalue weighted by Crippen LogP contribution is 2.30. The summed E-state index contributed by atoms with van der Waals surface area (Å²) < 4.78 is 26.7. The Morgan fingerprint density at radius 2 is 1.95 bits per heavy atom. The summed E-state index contributed by atoms with van der Waals surface area (Å²) >= 11 is 5.94. The third-order valence-corrected chi connectivity index (χ3v) is 6.21. The monoisotopic (exact) mass is 316 g/mol. The Morgan fingerprint density at radius 3 is 2.55 bits per heavy atom. The van der Waals surface area contributed by atoms with Gasteiger partial charge in [-0.05, 0) is 43.4 Å². The fourth-order valence-corrected chi connectivity index (χ4v) is 4.58. The first-order chi connectivity index (χ1) is 9.32. The molecule has 0 amide bonds. The first-order valence-electron chi connectivity index (χ1n) is 6.84. The van der Waals surface area contributed by atoms with Gasteiger partial charge in [-0.1, -0.05) is 24.4 Å². The predicted octanol–water partition coefficient (Wildman–Crippen LogP) is 3.04. The van der Waals surface area contributed by atoms with Gasteiger partial charge in [-0.2, -0.15) is 0 Å². The molecule has 6 heteroatoms. The van der Waals surface area contributed by atoms with Gasteiger partial charge in [0.2, 0.25) is 10.0 Å². The largest absolute Gasteiger partial charge is 0.398 e. The van der Waals surface area contributed by atoms with Crippen LogP contribution in [0.25, 0.3) is 0 Å². The van der Waals surface area contributed by atoms with Crippen LogP contribution in [0.3, 0.4) is 0 Å². The van der Waals surface area contributed by atoms with E-state index in [4.69, 9.17) is 17.3 Å². The number of hydrogen-bond donors (Lipinski definition) is 1. The van der Waals surface area contributed by atoms with Crippen molar-refractivity contribution in [3.8, 4) is 0 Å². The van der Waals surface area contributed by atoms with Crippen LogP contribution in [0.4, 0.5) is 5.69 Å². The summed E-state index contributed by atoms with van der Waals surface area (Å²) in [6.07, 6.45) is 4.61. The van der Waals surface area contributed by atoms with E-state index in [1.807, 2.05) is 0 Å². The fourth-order valence-electron chi connectivity index (χ4n) is 2.76. The molecule has 0 bridgehead atoms. The minimum absolute atomic E-state index is 0.211. The minimum atomic E-state index is -3.53. The van der Waals surface area contributed by atoms with Crippen LogP contribution in [0.15, 0.2) is 17.0 Å². The molecule has 4 nitrogen and oxygen atoms in total. The van der Waals surface area contributed by atoms with E-state index in [1.54, 1.807) is 20.0 Å². The van der Waals surface area contributed by atoms with Crippen LogP contribution in [0, 0.1) is 12.8 Å². The normalized spacial score (nSPS) is 17.0. The number of benzene rings is 1. The summed E-state index contributed by atoms with van der Waals surface area (Å²) in [4.78, 5) is 0.211. The number of halogens is 1. The number of nitrogens with two attached hydrogens (primary N) is 1. The molecule has 1 saturated carbocycles. The number of sulfonamides is 1. The molecule has 2 N–H and O–H groups in total. The number of hydrogen-bond acceptors (Lipinski definition) is 3. The minimum Gasteiger partial charge on any atom is -0.398 e. The highest BCUT2D eigenvalue weighted by Gasteiger charge is 2.27. The Labute approximate surface area is 126 Å². The lowest BCUT2D eigenvalue weighted by atomic mass is 10.1. The van der Waals surface area contributed by atoms with Crippen LogP contribution in [0.1, 0.15) is 31.2 Å². The van der Waals surface area contributed by atoms with Crippen molar-refractivity contribution in [3.05, 3.63) is 22.7 Å². The molecule has 0 aliphatic heterocycles. The van der Waals surface area contributed by atoms with E-state index in [9.17, 15) is 8.42 Å². The third kappa shape index (κ3) is 3.10. The van der Waals surface area contributed by atoms with Gasteiger partial charge in [-0.3, -0.25) is 0 Å². The summed E-state index contributed by atoms with van der Waals surface area (Å²) in [6, 6.07) is 3.06. The lowest BCUT2D eigenvalue weighted by molar-refractivity contribution is 0.387. The zero-order chi connectivity index (χ0) is 14.9. The molecule has 0 radical (unpaired) electrons. The van der Waals surface area contributed by atoms with Gasteiger partial charge in [0.05, 0.1) is 4.90 Å².